The minimum Gasteiger partial charge on any atom is -0.343 e. The maximum absolute atomic E-state index is 12.1. The third kappa shape index (κ3) is 3.09. The van der Waals surface area contributed by atoms with E-state index in [1.807, 2.05) is 23.8 Å². The fourth-order valence-corrected chi connectivity index (χ4v) is 2.00. The number of hydrogen-bond acceptors (Lipinski definition) is 2. The molecule has 1 rings (SSSR count). The van der Waals surface area contributed by atoms with E-state index >= 15 is 0 Å². The van der Waals surface area contributed by atoms with Gasteiger partial charge in [0.2, 0.25) is 0 Å². The largest absolute Gasteiger partial charge is 0.343 e. The van der Waals surface area contributed by atoms with Gasteiger partial charge in [0.1, 0.15) is 5.69 Å². The van der Waals surface area contributed by atoms with Crippen LogP contribution in [0.1, 0.15) is 23.8 Å². The van der Waals surface area contributed by atoms with Crippen LogP contribution in [0.25, 0.3) is 0 Å². The van der Waals surface area contributed by atoms with Crippen LogP contribution in [-0.4, -0.2) is 35.5 Å². The molecule has 0 radical (unpaired) electrons. The van der Waals surface area contributed by atoms with Crippen LogP contribution in [0.3, 0.4) is 0 Å². The number of aryl methyl sites for hydroxylation is 1. The molecule has 1 aromatic heterocycles. The minimum atomic E-state index is 0.0426. The number of carbonyl (C=O) groups excluding carboxylic acids is 1. The van der Waals surface area contributed by atoms with Crippen LogP contribution in [0.4, 0.5) is 0 Å². The van der Waals surface area contributed by atoms with Crippen LogP contribution < -0.4 is 5.73 Å². The molecule has 0 fully saturated rings. The molecule has 4 nitrogen and oxygen atoms in total. The molecular formula is C11H18BrN3O. The molecule has 5 heteroatoms. The topological polar surface area (TPSA) is 51.3 Å². The lowest BCUT2D eigenvalue weighted by Crippen LogP contribution is -2.30. The number of aromatic nitrogens is 1. The Morgan fingerprint density at radius 2 is 2.31 bits per heavy atom. The van der Waals surface area contributed by atoms with Crippen molar-refractivity contribution in [2.75, 3.05) is 20.1 Å². The highest BCUT2D eigenvalue weighted by Crippen LogP contribution is 2.16. The molecule has 0 bridgehead atoms. The molecule has 1 aromatic rings. The maximum atomic E-state index is 12.1. The third-order valence-electron chi connectivity index (χ3n) is 2.47. The Kier molecular flexibility index (Phi) is 5.02. The standard InChI is InChI=1S/C11H18BrN3O/c1-3-15-8-9(12)7-10(15)11(16)14(2)6-4-5-13/h7-8H,3-6,13H2,1-2H3. The summed E-state index contributed by atoms with van der Waals surface area (Å²) in [7, 11) is 1.80. The van der Waals surface area contributed by atoms with E-state index in [2.05, 4.69) is 15.9 Å². The van der Waals surface area contributed by atoms with E-state index in [1.165, 1.54) is 0 Å². The molecule has 0 atom stereocenters. The molecule has 0 aliphatic rings. The van der Waals surface area contributed by atoms with Crippen molar-refractivity contribution < 1.29 is 4.79 Å². The van der Waals surface area contributed by atoms with E-state index in [4.69, 9.17) is 5.73 Å². The van der Waals surface area contributed by atoms with E-state index in [0.29, 0.717) is 18.8 Å². The zero-order valence-corrected chi connectivity index (χ0v) is 11.3. The van der Waals surface area contributed by atoms with Crippen molar-refractivity contribution in [3.8, 4) is 0 Å². The summed E-state index contributed by atoms with van der Waals surface area (Å²) in [6.07, 6.45) is 2.75. The van der Waals surface area contributed by atoms with E-state index < -0.39 is 0 Å². The number of amides is 1. The maximum Gasteiger partial charge on any atom is 0.270 e. The van der Waals surface area contributed by atoms with E-state index in [9.17, 15) is 4.79 Å². The van der Waals surface area contributed by atoms with Crippen molar-refractivity contribution in [2.24, 2.45) is 5.73 Å². The fraction of sp³-hybridized carbons (Fsp3) is 0.545. The monoisotopic (exact) mass is 287 g/mol. The van der Waals surface area contributed by atoms with Crippen LogP contribution in [0, 0.1) is 0 Å². The molecule has 0 aliphatic heterocycles. The van der Waals surface area contributed by atoms with Gasteiger partial charge < -0.3 is 15.2 Å². The average molecular weight is 288 g/mol. The molecule has 0 aliphatic carbocycles. The predicted molar refractivity (Wildman–Crippen MR) is 68.4 cm³/mol. The zero-order chi connectivity index (χ0) is 12.1. The number of nitrogens with zero attached hydrogens (tertiary/aromatic N) is 2. The summed E-state index contributed by atoms with van der Waals surface area (Å²) in [4.78, 5) is 13.8. The highest BCUT2D eigenvalue weighted by atomic mass is 79.9. The first kappa shape index (κ1) is 13.3. The summed E-state index contributed by atoms with van der Waals surface area (Å²) in [6, 6.07) is 1.85. The highest BCUT2D eigenvalue weighted by molar-refractivity contribution is 9.10. The molecule has 0 aromatic carbocycles. The van der Waals surface area contributed by atoms with Gasteiger partial charge in [-0.1, -0.05) is 0 Å². The van der Waals surface area contributed by atoms with Gasteiger partial charge in [-0.15, -0.1) is 0 Å². The van der Waals surface area contributed by atoms with E-state index in [0.717, 1.165) is 17.4 Å². The Bertz CT molecular complexity index is 362. The second-order valence-corrected chi connectivity index (χ2v) is 4.61. The highest BCUT2D eigenvalue weighted by Gasteiger charge is 2.15. The Morgan fingerprint density at radius 3 is 2.88 bits per heavy atom. The molecule has 1 amide bonds. The molecule has 0 saturated carbocycles. The minimum absolute atomic E-state index is 0.0426. The summed E-state index contributed by atoms with van der Waals surface area (Å²) in [5.41, 5.74) is 6.14. The second-order valence-electron chi connectivity index (χ2n) is 3.70. The normalized spacial score (nSPS) is 10.5. The van der Waals surface area contributed by atoms with Crippen molar-refractivity contribution in [1.82, 2.24) is 9.47 Å². The summed E-state index contributed by atoms with van der Waals surface area (Å²) >= 11 is 3.38. The summed E-state index contributed by atoms with van der Waals surface area (Å²) < 4.78 is 2.87. The Balaban J connectivity index is 2.78. The zero-order valence-electron chi connectivity index (χ0n) is 9.74. The summed E-state index contributed by atoms with van der Waals surface area (Å²) in [6.45, 7) is 4.11. The smallest absolute Gasteiger partial charge is 0.270 e. The first-order chi connectivity index (χ1) is 7.60. The molecule has 16 heavy (non-hydrogen) atoms. The van der Waals surface area contributed by atoms with Gasteiger partial charge in [0.15, 0.2) is 0 Å². The number of carbonyl (C=O) groups is 1. The summed E-state index contributed by atoms with van der Waals surface area (Å²) in [5.74, 6) is 0.0426. The van der Waals surface area contributed by atoms with Gasteiger partial charge in [0, 0.05) is 30.8 Å². The van der Waals surface area contributed by atoms with E-state index in [-0.39, 0.29) is 5.91 Å². The predicted octanol–water partition coefficient (Wildman–Crippen LogP) is 1.69. The van der Waals surface area contributed by atoms with Gasteiger partial charge in [-0.2, -0.15) is 0 Å². The Hall–Kier alpha value is -0.810. The van der Waals surface area contributed by atoms with Crippen molar-refractivity contribution in [3.05, 3.63) is 22.4 Å². The first-order valence-electron chi connectivity index (χ1n) is 5.41. The van der Waals surface area contributed by atoms with Gasteiger partial charge in [-0.25, -0.2) is 0 Å². The lowest BCUT2D eigenvalue weighted by atomic mass is 10.3. The third-order valence-corrected chi connectivity index (χ3v) is 2.90. The molecular weight excluding hydrogens is 270 g/mol. The summed E-state index contributed by atoms with van der Waals surface area (Å²) in [5, 5.41) is 0. The van der Waals surface area contributed by atoms with Crippen molar-refractivity contribution in [3.63, 3.8) is 0 Å². The van der Waals surface area contributed by atoms with Gasteiger partial charge in [0.05, 0.1) is 0 Å². The number of rotatable bonds is 5. The van der Waals surface area contributed by atoms with Crippen molar-refractivity contribution >= 4 is 21.8 Å². The molecule has 0 unspecified atom stereocenters. The van der Waals surface area contributed by atoms with Crippen LogP contribution in [0.2, 0.25) is 0 Å². The second kappa shape index (κ2) is 6.06. The number of nitrogens with two attached hydrogens (primary N) is 1. The molecule has 90 valence electrons. The SMILES string of the molecule is CCn1cc(Br)cc1C(=O)N(C)CCCN. The van der Waals surface area contributed by atoms with Crippen LogP contribution in [0.15, 0.2) is 16.7 Å². The Morgan fingerprint density at radius 1 is 1.62 bits per heavy atom. The van der Waals surface area contributed by atoms with Gasteiger partial charge in [0.25, 0.3) is 5.91 Å². The van der Waals surface area contributed by atoms with E-state index in [1.54, 1.807) is 11.9 Å². The molecule has 1 heterocycles. The fourth-order valence-electron chi connectivity index (χ4n) is 1.54. The van der Waals surface area contributed by atoms with Crippen LogP contribution in [0.5, 0.6) is 0 Å². The van der Waals surface area contributed by atoms with Crippen molar-refractivity contribution in [1.29, 1.82) is 0 Å². The lowest BCUT2D eigenvalue weighted by molar-refractivity contribution is 0.0784. The molecule has 0 saturated heterocycles. The van der Waals surface area contributed by atoms with Gasteiger partial charge in [-0.05, 0) is 41.9 Å². The Labute approximate surface area is 105 Å². The number of hydrogen-bond donors (Lipinski definition) is 1. The van der Waals surface area contributed by atoms with Crippen LogP contribution >= 0.6 is 15.9 Å². The number of halogens is 1. The van der Waals surface area contributed by atoms with Gasteiger partial charge in [-0.3, -0.25) is 4.79 Å². The average Bonchev–Trinajstić information content (AvgIpc) is 2.66. The van der Waals surface area contributed by atoms with Crippen molar-refractivity contribution in [2.45, 2.75) is 19.9 Å². The quantitative estimate of drug-likeness (QED) is 0.896. The van der Waals surface area contributed by atoms with Crippen LogP contribution in [-0.2, 0) is 6.54 Å². The molecule has 0 spiro atoms. The van der Waals surface area contributed by atoms with Gasteiger partial charge >= 0.3 is 0 Å². The first-order valence-corrected chi connectivity index (χ1v) is 6.20. The lowest BCUT2D eigenvalue weighted by Gasteiger charge is -2.17. The molecule has 2 N–H and O–H groups in total.